The molecule has 4 aromatic rings. The highest BCUT2D eigenvalue weighted by molar-refractivity contribution is 9.11. The van der Waals surface area contributed by atoms with Crippen LogP contribution in [-0.2, 0) is 59.0 Å². The van der Waals surface area contributed by atoms with E-state index in [1.807, 2.05) is 0 Å². The lowest BCUT2D eigenvalue weighted by Crippen LogP contribution is -2.32. The Balaban J connectivity index is 0.000000453. The van der Waals surface area contributed by atoms with E-state index in [-0.39, 0.29) is 22.3 Å². The van der Waals surface area contributed by atoms with Gasteiger partial charge in [0.15, 0.2) is 0 Å². The van der Waals surface area contributed by atoms with E-state index in [4.69, 9.17) is 39.5 Å². The van der Waals surface area contributed by atoms with Crippen molar-refractivity contribution in [3.05, 3.63) is 136 Å². The van der Waals surface area contributed by atoms with Gasteiger partial charge in [0.1, 0.15) is 68.7 Å². The summed E-state index contributed by atoms with van der Waals surface area (Å²) in [4.78, 5) is 0. The Hall–Kier alpha value is -2.00. The third-order valence-electron chi connectivity index (χ3n) is 9.87. The molecule has 0 unspecified atom stereocenters. The number of halogens is 8. The van der Waals surface area contributed by atoms with Gasteiger partial charge in [0.25, 0.3) is 0 Å². The van der Waals surface area contributed by atoms with E-state index in [2.05, 4.69) is 63.7 Å². The molecular formula is C40H52Br4F4N4O12S4. The smallest absolute Gasteiger partial charge is 0.214 e. The van der Waals surface area contributed by atoms with Crippen LogP contribution in [0.1, 0.15) is 74.4 Å². The van der Waals surface area contributed by atoms with Crippen LogP contribution in [0.2, 0.25) is 0 Å². The summed E-state index contributed by atoms with van der Waals surface area (Å²) in [5.74, 6) is -2.16. The summed E-state index contributed by atoms with van der Waals surface area (Å²) in [5, 5.41) is 16.0. The summed E-state index contributed by atoms with van der Waals surface area (Å²) >= 11 is 12.5. The molecule has 4 rings (SSSR count). The van der Waals surface area contributed by atoms with Crippen molar-refractivity contribution in [1.29, 1.82) is 0 Å². The topological polar surface area (TPSA) is 278 Å². The minimum atomic E-state index is -3.79. The zero-order valence-corrected chi connectivity index (χ0v) is 47.0. The van der Waals surface area contributed by atoms with Crippen molar-refractivity contribution in [2.24, 2.45) is 20.6 Å². The van der Waals surface area contributed by atoms with Crippen molar-refractivity contribution in [2.45, 2.75) is 73.1 Å². The van der Waals surface area contributed by atoms with Crippen molar-refractivity contribution in [3.8, 4) is 0 Å². The summed E-state index contributed by atoms with van der Waals surface area (Å²) in [6.07, 6.45) is -3.73. The average molecular weight is 1300 g/mol. The van der Waals surface area contributed by atoms with Crippen LogP contribution in [0.25, 0.3) is 0 Å². The molecule has 0 radical (unpaired) electrons. The molecule has 0 heterocycles. The number of rotatable bonds is 16. The number of sulfonamides is 4. The molecule has 0 fully saturated rings. The van der Waals surface area contributed by atoms with Crippen molar-refractivity contribution < 1.29 is 70.2 Å². The monoisotopic (exact) mass is 1300 g/mol. The van der Waals surface area contributed by atoms with Gasteiger partial charge in [-0.25, -0.2) is 71.8 Å². The molecule has 0 spiro atoms. The highest BCUT2D eigenvalue weighted by Gasteiger charge is 2.33. The molecule has 384 valence electrons. The lowest BCUT2D eigenvalue weighted by molar-refractivity contribution is 0.0990. The second-order valence-electron chi connectivity index (χ2n) is 14.5. The molecule has 4 aromatic carbocycles. The molecule has 8 N–H and O–H groups in total. The van der Waals surface area contributed by atoms with Gasteiger partial charge < -0.3 is 18.9 Å². The number of benzene rings is 4. The van der Waals surface area contributed by atoms with Crippen LogP contribution in [0.15, 0.2) is 90.7 Å². The molecular weight excluding hydrogens is 1250 g/mol. The number of nitrogens with two attached hydrogens (primary N) is 4. The minimum absolute atomic E-state index is 0.164. The fourth-order valence-electron chi connectivity index (χ4n) is 5.90. The quantitative estimate of drug-likeness (QED) is 0.0782. The van der Waals surface area contributed by atoms with Crippen LogP contribution in [0.3, 0.4) is 0 Å². The molecule has 0 amide bonds. The Labute approximate surface area is 428 Å². The predicted octanol–water partition coefficient (Wildman–Crippen LogP) is 7.81. The van der Waals surface area contributed by atoms with Gasteiger partial charge in [-0.3, -0.25) is 0 Å². The fourth-order valence-corrected chi connectivity index (χ4v) is 9.65. The molecule has 68 heavy (non-hydrogen) atoms. The molecule has 8 atom stereocenters. The van der Waals surface area contributed by atoms with Gasteiger partial charge in [0.2, 0.25) is 40.1 Å². The van der Waals surface area contributed by atoms with Gasteiger partial charge in [-0.2, -0.15) is 0 Å². The van der Waals surface area contributed by atoms with Crippen molar-refractivity contribution >= 4 is 104 Å². The maximum atomic E-state index is 13.7. The molecule has 0 saturated carbocycles. The standard InChI is InChI=1S/4C10H13BrFNO3S/c4*1-6(17(13,14)15)10(16-2)8-4-3-7(11)5-9(8)12/h4*3-6,10H,1-2H3,(H2,13,14,15)/t3*6-,10+;6-,10-/m1101/s1. The molecule has 0 aliphatic carbocycles. The molecule has 0 aliphatic heterocycles. The Bertz CT molecular complexity index is 2400. The van der Waals surface area contributed by atoms with Gasteiger partial charge in [0, 0.05) is 68.6 Å². The highest BCUT2D eigenvalue weighted by Crippen LogP contribution is 2.32. The van der Waals surface area contributed by atoms with Crippen LogP contribution < -0.4 is 20.6 Å². The van der Waals surface area contributed by atoms with E-state index in [0.29, 0.717) is 17.9 Å². The number of methoxy groups -OCH3 is 4. The molecule has 16 nitrogen and oxygen atoms in total. The Morgan fingerprint density at radius 1 is 0.368 bits per heavy atom. The number of hydrogen-bond donors (Lipinski definition) is 4. The summed E-state index contributed by atoms with van der Waals surface area (Å²) in [5.41, 5.74) is 0.656. The highest BCUT2D eigenvalue weighted by atomic mass is 79.9. The van der Waals surface area contributed by atoms with Gasteiger partial charge in [0.05, 0.1) is 0 Å². The average Bonchev–Trinajstić information content (AvgIpc) is 3.21. The number of primary sulfonamides is 4. The van der Waals surface area contributed by atoms with E-state index in [9.17, 15) is 51.2 Å². The summed E-state index contributed by atoms with van der Waals surface area (Å²) in [7, 11) is -9.92. The van der Waals surface area contributed by atoms with Gasteiger partial charge in [-0.15, -0.1) is 0 Å². The van der Waals surface area contributed by atoms with Crippen LogP contribution >= 0.6 is 63.7 Å². The number of hydrogen-bond acceptors (Lipinski definition) is 12. The van der Waals surface area contributed by atoms with Crippen LogP contribution in [0.5, 0.6) is 0 Å². The normalized spacial score (nSPS) is 15.6. The van der Waals surface area contributed by atoms with Crippen LogP contribution in [-0.4, -0.2) is 83.1 Å². The van der Waals surface area contributed by atoms with Crippen molar-refractivity contribution in [3.63, 3.8) is 0 Å². The lowest BCUT2D eigenvalue weighted by atomic mass is 10.1. The molecule has 28 heteroatoms. The first-order valence-electron chi connectivity index (χ1n) is 19.1. The first-order chi connectivity index (χ1) is 31.1. The minimum Gasteiger partial charge on any atom is -0.375 e. The summed E-state index contributed by atoms with van der Waals surface area (Å²) in [6.45, 7) is 5.52. The maximum Gasteiger partial charge on any atom is 0.214 e. The van der Waals surface area contributed by atoms with Crippen molar-refractivity contribution in [2.75, 3.05) is 28.4 Å². The van der Waals surface area contributed by atoms with E-state index >= 15 is 0 Å². The predicted molar refractivity (Wildman–Crippen MR) is 266 cm³/mol. The first kappa shape index (κ1) is 64.0. The zero-order chi connectivity index (χ0) is 52.9. The number of ether oxygens (including phenoxy) is 4. The SMILES string of the molecule is CO[C@@H](c1ccc(Br)cc1F)[C@@H](C)S(N)(=O)=O.CO[C@@H](c1ccc(Br)cc1F)[C@H](C)S(N)(=O)=O.CO[C@H](c1ccc(Br)cc1F)[C@@H](C)S(N)(=O)=O.CO[C@H](c1ccc(Br)cc1F)[C@@H](C)S(N)(=O)=O. The summed E-state index contributed by atoms with van der Waals surface area (Å²) in [6, 6.07) is 17.3. The van der Waals surface area contributed by atoms with E-state index in [0.717, 1.165) is 0 Å². The zero-order valence-electron chi connectivity index (χ0n) is 37.4. The van der Waals surface area contributed by atoms with Crippen LogP contribution in [0, 0.1) is 23.3 Å². The largest absolute Gasteiger partial charge is 0.375 e. The molecule has 0 bridgehead atoms. The second-order valence-corrected chi connectivity index (χ2v) is 25.8. The van der Waals surface area contributed by atoms with Crippen molar-refractivity contribution in [1.82, 2.24) is 0 Å². The molecule has 0 aromatic heterocycles. The molecule has 0 saturated heterocycles. The van der Waals surface area contributed by atoms with E-state index in [1.165, 1.54) is 105 Å². The second kappa shape index (κ2) is 27.7. The lowest BCUT2D eigenvalue weighted by Gasteiger charge is -2.21. The molecule has 0 aliphatic rings. The van der Waals surface area contributed by atoms with Gasteiger partial charge in [-0.05, 0) is 76.2 Å². The Morgan fingerprint density at radius 2 is 0.515 bits per heavy atom. The van der Waals surface area contributed by atoms with Gasteiger partial charge in [-0.1, -0.05) is 88.0 Å². The van der Waals surface area contributed by atoms with Gasteiger partial charge >= 0.3 is 0 Å². The third kappa shape index (κ3) is 19.5. The first-order valence-corrected chi connectivity index (χ1v) is 28.7. The fraction of sp³-hybridized carbons (Fsp3) is 0.400. The Morgan fingerprint density at radius 3 is 0.618 bits per heavy atom. The van der Waals surface area contributed by atoms with Crippen LogP contribution in [0.4, 0.5) is 17.6 Å². The summed E-state index contributed by atoms with van der Waals surface area (Å²) < 4.78 is 167. The third-order valence-corrected chi connectivity index (χ3v) is 17.0. The maximum absolute atomic E-state index is 13.7. The Kier molecular flexibility index (Phi) is 26.1. The van der Waals surface area contributed by atoms with E-state index in [1.54, 1.807) is 24.3 Å². The van der Waals surface area contributed by atoms with E-state index < -0.39 is 109 Å².